The average molecular weight is 607 g/mol. The van der Waals surface area contributed by atoms with Gasteiger partial charge < -0.3 is 11.5 Å². The average Bonchev–Trinajstić information content (AvgIpc) is 3.47. The van der Waals surface area contributed by atoms with Crippen molar-refractivity contribution in [3.05, 3.63) is 130 Å². The van der Waals surface area contributed by atoms with Crippen LogP contribution in [0.4, 0.5) is 22.7 Å². The van der Waals surface area contributed by atoms with Crippen molar-refractivity contribution in [1.82, 2.24) is 0 Å². The molecule has 8 heteroatoms. The van der Waals surface area contributed by atoms with Crippen LogP contribution < -0.4 is 21.3 Å². The summed E-state index contributed by atoms with van der Waals surface area (Å²) in [6, 6.07) is 28.6. The fourth-order valence-corrected chi connectivity index (χ4v) is 6.28. The Bertz CT molecular complexity index is 1960. The molecule has 0 aliphatic carbocycles. The highest BCUT2D eigenvalue weighted by Gasteiger charge is 2.41. The Morgan fingerprint density at radius 2 is 0.761 bits per heavy atom. The highest BCUT2D eigenvalue weighted by atomic mass is 16.2. The lowest BCUT2D eigenvalue weighted by molar-refractivity contribution is 0.0909. The Hall–Kier alpha value is -6.02. The third-order valence-corrected chi connectivity index (χ3v) is 8.78. The molecule has 7 rings (SSSR count). The molecule has 0 saturated heterocycles. The summed E-state index contributed by atoms with van der Waals surface area (Å²) in [5, 5.41) is 0. The predicted molar refractivity (Wildman–Crippen MR) is 180 cm³/mol. The molecule has 0 spiro atoms. The van der Waals surface area contributed by atoms with E-state index in [0.29, 0.717) is 69.0 Å². The SMILES string of the molecule is CCc1cc(N2C(=O)c3ccc(-c4ccc(N)cc4)cc3C2=O)c(CC)cc1N1C(=O)c2ccc(-c3ccc(N)cc3)cc2C1=O. The maximum absolute atomic E-state index is 13.8. The molecule has 8 nitrogen and oxygen atoms in total. The summed E-state index contributed by atoms with van der Waals surface area (Å²) in [6.45, 7) is 3.82. The minimum Gasteiger partial charge on any atom is -0.399 e. The molecule has 226 valence electrons. The summed E-state index contributed by atoms with van der Waals surface area (Å²) in [7, 11) is 0. The van der Waals surface area contributed by atoms with Crippen molar-refractivity contribution < 1.29 is 19.2 Å². The van der Waals surface area contributed by atoms with E-state index in [0.717, 1.165) is 22.3 Å². The van der Waals surface area contributed by atoms with Crippen molar-refractivity contribution in [2.24, 2.45) is 0 Å². The second-order valence-corrected chi connectivity index (χ2v) is 11.5. The van der Waals surface area contributed by atoms with E-state index < -0.39 is 23.6 Å². The Labute approximate surface area is 265 Å². The van der Waals surface area contributed by atoms with Crippen molar-refractivity contribution in [3.8, 4) is 22.3 Å². The van der Waals surface area contributed by atoms with Crippen LogP contribution >= 0.6 is 0 Å². The molecule has 0 aromatic heterocycles. The first-order chi connectivity index (χ1) is 22.2. The third kappa shape index (κ3) is 4.45. The number of benzene rings is 5. The Balaban J connectivity index is 1.25. The number of rotatable bonds is 6. The largest absolute Gasteiger partial charge is 0.399 e. The summed E-state index contributed by atoms with van der Waals surface area (Å²) in [5.74, 6) is -1.66. The maximum atomic E-state index is 13.8. The molecular weight excluding hydrogens is 576 g/mol. The van der Waals surface area contributed by atoms with Gasteiger partial charge in [0.2, 0.25) is 0 Å². The van der Waals surface area contributed by atoms with Crippen molar-refractivity contribution >= 4 is 46.4 Å². The number of aryl methyl sites for hydroxylation is 2. The summed E-state index contributed by atoms with van der Waals surface area (Å²) >= 11 is 0. The van der Waals surface area contributed by atoms with Gasteiger partial charge in [0.1, 0.15) is 0 Å². The fourth-order valence-electron chi connectivity index (χ4n) is 6.28. The molecule has 4 N–H and O–H groups in total. The molecule has 5 aromatic carbocycles. The van der Waals surface area contributed by atoms with Crippen LogP contribution in [0.3, 0.4) is 0 Å². The van der Waals surface area contributed by atoms with Gasteiger partial charge >= 0.3 is 0 Å². The van der Waals surface area contributed by atoms with Crippen LogP contribution in [-0.4, -0.2) is 23.6 Å². The number of hydrogen-bond acceptors (Lipinski definition) is 6. The zero-order valence-electron chi connectivity index (χ0n) is 25.3. The molecular formula is C38H30N4O4. The van der Waals surface area contributed by atoms with Gasteiger partial charge in [-0.3, -0.25) is 19.2 Å². The van der Waals surface area contributed by atoms with E-state index >= 15 is 0 Å². The summed E-state index contributed by atoms with van der Waals surface area (Å²) < 4.78 is 0. The lowest BCUT2D eigenvalue weighted by atomic mass is 10.00. The minimum atomic E-state index is -0.419. The highest BCUT2D eigenvalue weighted by Crippen LogP contribution is 2.40. The Morgan fingerprint density at radius 3 is 1.11 bits per heavy atom. The first kappa shape index (κ1) is 28.7. The third-order valence-electron chi connectivity index (χ3n) is 8.78. The number of carbonyl (C=O) groups is 4. The standard InChI is InChI=1S/C38H30N4O4/c1-3-21-19-34(42-36(44)30-16-10-26(18-32(30)38(42)46)24-7-13-28(40)14-8-24)22(4-2)20-33(21)41-35(43)29-15-9-25(17-31(29)37(41)45)23-5-11-27(39)12-6-23/h5-20H,3-4,39-40H2,1-2H3. The molecule has 0 fully saturated rings. The highest BCUT2D eigenvalue weighted by molar-refractivity contribution is 6.36. The van der Waals surface area contributed by atoms with Crippen molar-refractivity contribution in [2.75, 3.05) is 21.3 Å². The number of carbonyl (C=O) groups excluding carboxylic acids is 4. The van der Waals surface area contributed by atoms with Gasteiger partial charge in [-0.15, -0.1) is 0 Å². The van der Waals surface area contributed by atoms with E-state index in [1.165, 1.54) is 9.80 Å². The number of hydrogen-bond donors (Lipinski definition) is 2. The van der Waals surface area contributed by atoms with Crippen LogP contribution in [0.25, 0.3) is 22.3 Å². The van der Waals surface area contributed by atoms with E-state index in [2.05, 4.69) is 0 Å². The Kier molecular flexibility index (Phi) is 6.78. The number of nitrogens with zero attached hydrogens (tertiary/aromatic N) is 2. The molecule has 0 radical (unpaired) electrons. The number of anilines is 4. The van der Waals surface area contributed by atoms with Gasteiger partial charge in [0.25, 0.3) is 23.6 Å². The van der Waals surface area contributed by atoms with Crippen LogP contribution in [0.15, 0.2) is 97.1 Å². The Morgan fingerprint density at radius 1 is 0.435 bits per heavy atom. The van der Waals surface area contributed by atoms with E-state index in [-0.39, 0.29) is 0 Å². The van der Waals surface area contributed by atoms with E-state index in [4.69, 9.17) is 11.5 Å². The number of amides is 4. The molecule has 0 saturated carbocycles. The first-order valence-corrected chi connectivity index (χ1v) is 15.1. The van der Waals surface area contributed by atoms with Crippen molar-refractivity contribution in [3.63, 3.8) is 0 Å². The zero-order valence-corrected chi connectivity index (χ0v) is 25.3. The predicted octanol–water partition coefficient (Wildman–Crippen LogP) is 6.91. The fraction of sp³-hybridized carbons (Fsp3) is 0.105. The first-order valence-electron chi connectivity index (χ1n) is 15.1. The number of imide groups is 2. The van der Waals surface area contributed by atoms with Gasteiger partial charge in [0.15, 0.2) is 0 Å². The van der Waals surface area contributed by atoms with Gasteiger partial charge in [0, 0.05) is 11.4 Å². The molecule has 0 unspecified atom stereocenters. The number of nitrogen functional groups attached to an aromatic ring is 2. The van der Waals surface area contributed by atoms with Gasteiger partial charge in [-0.05, 0) is 107 Å². The van der Waals surface area contributed by atoms with E-state index in [1.54, 1.807) is 60.7 Å². The topological polar surface area (TPSA) is 127 Å². The van der Waals surface area contributed by atoms with Crippen molar-refractivity contribution in [2.45, 2.75) is 26.7 Å². The van der Waals surface area contributed by atoms with E-state index in [1.807, 2.05) is 50.2 Å². The molecule has 46 heavy (non-hydrogen) atoms. The van der Waals surface area contributed by atoms with Crippen LogP contribution in [-0.2, 0) is 12.8 Å². The summed E-state index contributed by atoms with van der Waals surface area (Å²) in [5.41, 5.74) is 19.8. The number of nitrogens with two attached hydrogens (primary N) is 2. The minimum absolute atomic E-state index is 0.320. The van der Waals surface area contributed by atoms with Crippen LogP contribution in [0.2, 0.25) is 0 Å². The van der Waals surface area contributed by atoms with Crippen LogP contribution in [0.1, 0.15) is 66.4 Å². The summed E-state index contributed by atoms with van der Waals surface area (Å²) in [4.78, 5) is 57.5. The zero-order chi connectivity index (χ0) is 32.3. The lowest BCUT2D eigenvalue weighted by Gasteiger charge is -2.24. The van der Waals surface area contributed by atoms with Gasteiger partial charge in [-0.25, -0.2) is 9.80 Å². The van der Waals surface area contributed by atoms with E-state index in [9.17, 15) is 19.2 Å². The van der Waals surface area contributed by atoms with Crippen molar-refractivity contribution in [1.29, 1.82) is 0 Å². The van der Waals surface area contributed by atoms with Gasteiger partial charge in [0.05, 0.1) is 33.6 Å². The quantitative estimate of drug-likeness (QED) is 0.160. The van der Waals surface area contributed by atoms with Gasteiger partial charge in [-0.2, -0.15) is 0 Å². The second-order valence-electron chi connectivity index (χ2n) is 11.5. The monoisotopic (exact) mass is 606 g/mol. The maximum Gasteiger partial charge on any atom is 0.266 e. The summed E-state index contributed by atoms with van der Waals surface area (Å²) in [6.07, 6.45) is 0.918. The molecule has 2 aliphatic heterocycles. The molecule has 0 atom stereocenters. The second kappa shape index (κ2) is 10.9. The molecule has 4 amide bonds. The smallest absolute Gasteiger partial charge is 0.266 e. The molecule has 2 aliphatic rings. The van der Waals surface area contributed by atoms with Crippen LogP contribution in [0.5, 0.6) is 0 Å². The molecule has 5 aromatic rings. The lowest BCUT2D eigenvalue weighted by Crippen LogP contribution is -2.32. The molecule has 2 heterocycles. The number of fused-ring (bicyclic) bond motifs is 2. The van der Waals surface area contributed by atoms with Crippen LogP contribution in [0, 0.1) is 0 Å². The van der Waals surface area contributed by atoms with Gasteiger partial charge in [-0.1, -0.05) is 50.2 Å². The molecule has 0 bridgehead atoms. The normalized spacial score (nSPS) is 13.9.